The number of carbonyl (C=O) groups excluding carboxylic acids is 1. The first-order valence-electron chi connectivity index (χ1n) is 9.07. The van der Waals surface area contributed by atoms with Crippen molar-refractivity contribution in [2.75, 3.05) is 6.79 Å². The number of hydrogen-bond acceptors (Lipinski definition) is 6. The number of nitrogens with one attached hydrogen (secondary N) is 1. The highest BCUT2D eigenvalue weighted by Crippen LogP contribution is 2.35. The van der Waals surface area contributed by atoms with Crippen LogP contribution in [0.3, 0.4) is 0 Å². The second kappa shape index (κ2) is 7.67. The van der Waals surface area contributed by atoms with Crippen LogP contribution in [0.25, 0.3) is 0 Å². The molecule has 0 spiro atoms. The van der Waals surface area contributed by atoms with Gasteiger partial charge in [-0.2, -0.15) is 5.10 Å². The minimum Gasteiger partial charge on any atom is -0.486 e. The summed E-state index contributed by atoms with van der Waals surface area (Å²) in [6, 6.07) is 10.4. The van der Waals surface area contributed by atoms with Gasteiger partial charge in [0.25, 0.3) is 5.91 Å². The summed E-state index contributed by atoms with van der Waals surface area (Å²) >= 11 is 0. The Morgan fingerprint density at radius 2 is 2.11 bits per heavy atom. The summed E-state index contributed by atoms with van der Waals surface area (Å²) in [6.07, 6.45) is 1.72. The van der Waals surface area contributed by atoms with Crippen molar-refractivity contribution in [3.05, 3.63) is 59.8 Å². The Bertz CT molecular complexity index is 978. The first-order valence-corrected chi connectivity index (χ1v) is 9.07. The monoisotopic (exact) mass is 383 g/mol. The van der Waals surface area contributed by atoms with E-state index in [4.69, 9.17) is 18.6 Å². The van der Waals surface area contributed by atoms with Gasteiger partial charge in [-0.1, -0.05) is 0 Å². The molecule has 0 saturated carbocycles. The third-order valence-electron chi connectivity index (χ3n) is 4.45. The second-order valence-corrected chi connectivity index (χ2v) is 6.34. The fraction of sp³-hybridized carbons (Fsp3) is 0.300. The lowest BCUT2D eigenvalue weighted by molar-refractivity contribution is 0.0906. The van der Waals surface area contributed by atoms with Crippen molar-refractivity contribution >= 4 is 5.91 Å². The predicted molar refractivity (Wildman–Crippen MR) is 99.4 cm³/mol. The van der Waals surface area contributed by atoms with Gasteiger partial charge in [-0.3, -0.25) is 9.48 Å². The lowest BCUT2D eigenvalue weighted by Crippen LogP contribution is -2.28. The number of fused-ring (bicyclic) bond motifs is 1. The third-order valence-corrected chi connectivity index (χ3v) is 4.45. The Morgan fingerprint density at radius 1 is 1.25 bits per heavy atom. The number of aromatic nitrogens is 2. The average Bonchev–Trinajstić information content (AvgIpc) is 3.45. The van der Waals surface area contributed by atoms with E-state index in [2.05, 4.69) is 10.4 Å². The number of ether oxygens (including phenoxy) is 3. The van der Waals surface area contributed by atoms with Gasteiger partial charge >= 0.3 is 0 Å². The number of hydrogen-bond donors (Lipinski definition) is 1. The largest absolute Gasteiger partial charge is 0.486 e. The first kappa shape index (κ1) is 18.0. The highest BCUT2D eigenvalue weighted by Gasteiger charge is 2.18. The number of furan rings is 1. The van der Waals surface area contributed by atoms with Crippen molar-refractivity contribution in [1.82, 2.24) is 15.1 Å². The Kier molecular flexibility index (Phi) is 4.92. The average molecular weight is 383 g/mol. The van der Waals surface area contributed by atoms with Gasteiger partial charge in [0, 0.05) is 18.8 Å². The highest BCUT2D eigenvalue weighted by atomic mass is 16.7. The van der Waals surface area contributed by atoms with Crippen LogP contribution in [-0.2, 0) is 13.2 Å². The molecule has 1 amide bonds. The molecule has 0 fully saturated rings. The molecule has 8 heteroatoms. The van der Waals surface area contributed by atoms with Crippen LogP contribution in [0.4, 0.5) is 0 Å². The fourth-order valence-corrected chi connectivity index (χ4v) is 3.02. The molecular weight excluding hydrogens is 362 g/mol. The smallest absolute Gasteiger partial charge is 0.287 e. The summed E-state index contributed by atoms with van der Waals surface area (Å²) in [6.45, 7) is 5.07. The van der Waals surface area contributed by atoms with Gasteiger partial charge in [0.1, 0.15) is 18.1 Å². The van der Waals surface area contributed by atoms with Crippen LogP contribution in [0.1, 0.15) is 41.9 Å². The van der Waals surface area contributed by atoms with Crippen molar-refractivity contribution in [2.24, 2.45) is 0 Å². The molecule has 28 heavy (non-hydrogen) atoms. The minimum atomic E-state index is -0.286. The van der Waals surface area contributed by atoms with Crippen molar-refractivity contribution in [3.8, 4) is 17.2 Å². The van der Waals surface area contributed by atoms with Gasteiger partial charge < -0.3 is 23.9 Å². The molecule has 1 aliphatic heterocycles. The van der Waals surface area contributed by atoms with E-state index in [0.717, 1.165) is 12.2 Å². The van der Waals surface area contributed by atoms with Crippen molar-refractivity contribution < 1.29 is 23.4 Å². The Labute approximate surface area is 162 Å². The Hall–Kier alpha value is -3.42. The quantitative estimate of drug-likeness (QED) is 0.674. The van der Waals surface area contributed by atoms with Gasteiger partial charge in [0.05, 0.1) is 11.7 Å². The first-order chi connectivity index (χ1) is 13.6. The van der Waals surface area contributed by atoms with Crippen molar-refractivity contribution in [3.63, 3.8) is 0 Å². The lowest BCUT2D eigenvalue weighted by Gasteiger charge is -2.14. The van der Waals surface area contributed by atoms with E-state index < -0.39 is 0 Å². The molecule has 3 aromatic rings. The highest BCUT2D eigenvalue weighted by molar-refractivity contribution is 5.91. The molecule has 4 rings (SSSR count). The zero-order valence-electron chi connectivity index (χ0n) is 15.7. The summed E-state index contributed by atoms with van der Waals surface area (Å²) in [7, 11) is 0. The Morgan fingerprint density at radius 3 is 2.96 bits per heavy atom. The summed E-state index contributed by atoms with van der Waals surface area (Å²) in [5.41, 5.74) is 0.939. The minimum absolute atomic E-state index is 0.187. The van der Waals surface area contributed by atoms with E-state index >= 15 is 0 Å². The van der Waals surface area contributed by atoms with Crippen LogP contribution in [0.15, 0.2) is 47.0 Å². The molecule has 1 atom stereocenters. The molecule has 146 valence electrons. The maximum Gasteiger partial charge on any atom is 0.287 e. The molecule has 0 saturated heterocycles. The number of aryl methyl sites for hydroxylation is 1. The fourth-order valence-electron chi connectivity index (χ4n) is 3.02. The van der Waals surface area contributed by atoms with Crippen molar-refractivity contribution in [1.29, 1.82) is 0 Å². The van der Waals surface area contributed by atoms with Crippen molar-refractivity contribution in [2.45, 2.75) is 33.0 Å². The number of rotatable bonds is 7. The van der Waals surface area contributed by atoms with Gasteiger partial charge in [0.15, 0.2) is 17.3 Å². The molecular formula is C20H21N3O5. The summed E-state index contributed by atoms with van der Waals surface area (Å²) in [4.78, 5) is 12.5. The van der Waals surface area contributed by atoms with Crippen LogP contribution in [0, 0.1) is 0 Å². The normalized spacial score (nSPS) is 13.4. The third kappa shape index (κ3) is 3.66. The van der Waals surface area contributed by atoms with Crippen LogP contribution in [-0.4, -0.2) is 22.5 Å². The van der Waals surface area contributed by atoms with E-state index in [1.807, 2.05) is 24.6 Å². The number of amides is 1. The standard InChI is InChI=1S/C20H21N3O5/c1-3-23-16(8-9-21-23)13(2)22-20(24)18-7-5-15(28-18)11-25-14-4-6-17-19(10-14)27-12-26-17/h4-10,13H,3,11-12H2,1-2H3,(H,22,24). The summed E-state index contributed by atoms with van der Waals surface area (Å²) in [5, 5.41) is 7.15. The molecule has 1 aromatic carbocycles. The van der Waals surface area contributed by atoms with Gasteiger partial charge in [-0.15, -0.1) is 0 Å². The summed E-state index contributed by atoms with van der Waals surface area (Å²) < 4.78 is 23.8. The van der Waals surface area contributed by atoms with Crippen LogP contribution in [0.2, 0.25) is 0 Å². The van der Waals surface area contributed by atoms with Gasteiger partial charge in [-0.25, -0.2) is 0 Å². The van der Waals surface area contributed by atoms with Crippen LogP contribution >= 0.6 is 0 Å². The maximum absolute atomic E-state index is 12.5. The molecule has 1 aliphatic rings. The topological polar surface area (TPSA) is 87.8 Å². The van der Waals surface area contributed by atoms with Gasteiger partial charge in [0.2, 0.25) is 6.79 Å². The van der Waals surface area contributed by atoms with E-state index in [9.17, 15) is 4.79 Å². The van der Waals surface area contributed by atoms with Gasteiger partial charge in [-0.05, 0) is 44.2 Å². The summed E-state index contributed by atoms with van der Waals surface area (Å²) in [5.74, 6) is 2.48. The van der Waals surface area contributed by atoms with E-state index in [0.29, 0.717) is 23.0 Å². The van der Waals surface area contributed by atoms with E-state index in [1.165, 1.54) is 0 Å². The molecule has 1 unspecified atom stereocenters. The van der Waals surface area contributed by atoms with Crippen LogP contribution < -0.4 is 19.5 Å². The molecule has 0 bridgehead atoms. The molecule has 0 radical (unpaired) electrons. The molecule has 1 N–H and O–H groups in total. The van der Waals surface area contributed by atoms with Crippen LogP contribution in [0.5, 0.6) is 17.2 Å². The van der Waals surface area contributed by atoms with E-state index in [-0.39, 0.29) is 31.1 Å². The molecule has 8 nitrogen and oxygen atoms in total. The lowest BCUT2D eigenvalue weighted by atomic mass is 10.2. The number of carbonyl (C=O) groups is 1. The Balaban J connectivity index is 1.35. The zero-order valence-corrected chi connectivity index (χ0v) is 15.7. The second-order valence-electron chi connectivity index (χ2n) is 6.34. The molecule has 3 heterocycles. The molecule has 0 aliphatic carbocycles. The number of nitrogens with zero attached hydrogens (tertiary/aromatic N) is 2. The predicted octanol–water partition coefficient (Wildman–Crippen LogP) is 3.29. The maximum atomic E-state index is 12.5. The SMILES string of the molecule is CCn1nccc1C(C)NC(=O)c1ccc(COc2ccc3c(c2)OCO3)o1. The number of benzene rings is 1. The zero-order chi connectivity index (χ0) is 19.5. The van der Waals surface area contributed by atoms with E-state index in [1.54, 1.807) is 36.5 Å². The molecule has 2 aromatic heterocycles.